The fourth-order valence-electron chi connectivity index (χ4n) is 2.08. The van der Waals surface area contributed by atoms with Crippen LogP contribution < -0.4 is 5.32 Å². The number of benzene rings is 1. The molecule has 0 radical (unpaired) electrons. The van der Waals surface area contributed by atoms with Crippen LogP contribution in [-0.2, 0) is 14.6 Å². The van der Waals surface area contributed by atoms with Crippen molar-refractivity contribution in [2.75, 3.05) is 31.3 Å². The number of nitrogens with one attached hydrogen (secondary N) is 1. The van der Waals surface area contributed by atoms with E-state index in [9.17, 15) is 12.8 Å². The van der Waals surface area contributed by atoms with Crippen molar-refractivity contribution in [2.45, 2.75) is 17.7 Å². The number of hydrogen-bond acceptors (Lipinski definition) is 4. The highest BCUT2D eigenvalue weighted by molar-refractivity contribution is 7.90. The molecule has 0 amide bonds. The van der Waals surface area contributed by atoms with E-state index in [0.717, 1.165) is 32.3 Å². The largest absolute Gasteiger partial charge is 0.382 e. The molecule has 0 atom stereocenters. The van der Waals surface area contributed by atoms with Crippen molar-refractivity contribution < 1.29 is 17.5 Å². The summed E-state index contributed by atoms with van der Waals surface area (Å²) in [6.07, 6.45) is 3.00. The van der Waals surface area contributed by atoms with Crippen molar-refractivity contribution in [3.8, 4) is 0 Å². The van der Waals surface area contributed by atoms with Gasteiger partial charge in [0, 0.05) is 26.0 Å². The van der Waals surface area contributed by atoms with E-state index in [4.69, 9.17) is 4.74 Å². The van der Waals surface area contributed by atoms with Crippen LogP contribution in [0.1, 0.15) is 12.8 Å². The van der Waals surface area contributed by atoms with Gasteiger partial charge in [-0.15, -0.1) is 0 Å². The van der Waals surface area contributed by atoms with E-state index in [1.54, 1.807) is 0 Å². The predicted molar refractivity (Wildman–Crippen MR) is 71.5 cm³/mol. The summed E-state index contributed by atoms with van der Waals surface area (Å²) in [5.74, 6) is 0.00880. The zero-order chi connectivity index (χ0) is 13.9. The first-order valence-electron chi connectivity index (χ1n) is 6.28. The van der Waals surface area contributed by atoms with Crippen LogP contribution in [0.15, 0.2) is 23.1 Å². The van der Waals surface area contributed by atoms with Gasteiger partial charge in [-0.3, -0.25) is 0 Å². The Balaban J connectivity index is 2.06. The Bertz CT molecular complexity index is 539. The van der Waals surface area contributed by atoms with E-state index in [1.165, 1.54) is 18.2 Å². The lowest BCUT2D eigenvalue weighted by Gasteiger charge is -2.22. The molecule has 1 aromatic carbocycles. The third kappa shape index (κ3) is 3.91. The average molecular weight is 287 g/mol. The highest BCUT2D eigenvalue weighted by Gasteiger charge is 2.15. The molecule has 19 heavy (non-hydrogen) atoms. The number of halogens is 1. The Morgan fingerprint density at radius 1 is 1.37 bits per heavy atom. The Kier molecular flexibility index (Phi) is 4.42. The van der Waals surface area contributed by atoms with Crippen LogP contribution in [0.3, 0.4) is 0 Å². The van der Waals surface area contributed by atoms with Crippen molar-refractivity contribution in [1.82, 2.24) is 0 Å². The molecule has 0 spiro atoms. The maximum Gasteiger partial charge on any atom is 0.175 e. The normalized spacial score (nSPS) is 17.4. The number of ether oxygens (including phenoxy) is 1. The van der Waals surface area contributed by atoms with Gasteiger partial charge in [0.1, 0.15) is 5.82 Å². The minimum atomic E-state index is -3.31. The smallest absolute Gasteiger partial charge is 0.175 e. The van der Waals surface area contributed by atoms with Crippen molar-refractivity contribution in [3.63, 3.8) is 0 Å². The maximum absolute atomic E-state index is 13.6. The molecule has 6 heteroatoms. The summed E-state index contributed by atoms with van der Waals surface area (Å²) in [6.45, 7) is 2.10. The molecule has 0 aliphatic carbocycles. The summed E-state index contributed by atoms with van der Waals surface area (Å²) < 4.78 is 41.8. The molecule has 4 nitrogen and oxygen atoms in total. The molecule has 1 aromatic rings. The van der Waals surface area contributed by atoms with Gasteiger partial charge in [0.05, 0.1) is 10.6 Å². The standard InChI is InChI=1S/C13H18FNO3S/c1-19(16,17)11-2-3-12(14)13(8-11)15-9-10-4-6-18-7-5-10/h2-3,8,10,15H,4-7,9H2,1H3. The van der Waals surface area contributed by atoms with Crippen molar-refractivity contribution in [2.24, 2.45) is 5.92 Å². The molecule has 2 rings (SSSR count). The fraction of sp³-hybridized carbons (Fsp3) is 0.538. The van der Waals surface area contributed by atoms with Crippen LogP contribution >= 0.6 is 0 Å². The van der Waals surface area contributed by atoms with Crippen molar-refractivity contribution >= 4 is 15.5 Å². The summed E-state index contributed by atoms with van der Waals surface area (Å²) in [6, 6.07) is 3.82. The summed E-state index contributed by atoms with van der Waals surface area (Å²) >= 11 is 0. The third-order valence-electron chi connectivity index (χ3n) is 3.29. The Labute approximate surface area is 112 Å². The highest BCUT2D eigenvalue weighted by Crippen LogP contribution is 2.21. The molecule has 1 saturated heterocycles. The zero-order valence-electron chi connectivity index (χ0n) is 10.9. The number of rotatable bonds is 4. The van der Waals surface area contributed by atoms with Crippen LogP contribution in [0.25, 0.3) is 0 Å². The monoisotopic (exact) mass is 287 g/mol. The molecule has 0 saturated carbocycles. The van der Waals surface area contributed by atoms with Gasteiger partial charge in [-0.2, -0.15) is 0 Å². The summed E-state index contributed by atoms with van der Waals surface area (Å²) in [5, 5.41) is 3.00. The van der Waals surface area contributed by atoms with Gasteiger partial charge >= 0.3 is 0 Å². The van der Waals surface area contributed by atoms with E-state index in [0.29, 0.717) is 12.5 Å². The highest BCUT2D eigenvalue weighted by atomic mass is 32.2. The average Bonchev–Trinajstić information content (AvgIpc) is 2.37. The summed E-state index contributed by atoms with van der Waals surface area (Å²) in [4.78, 5) is 0.128. The van der Waals surface area contributed by atoms with Gasteiger partial charge in [-0.05, 0) is 37.0 Å². The van der Waals surface area contributed by atoms with Crippen molar-refractivity contribution in [1.29, 1.82) is 0 Å². The second-order valence-electron chi connectivity index (χ2n) is 4.85. The van der Waals surface area contributed by atoms with Crippen LogP contribution in [0, 0.1) is 11.7 Å². The van der Waals surface area contributed by atoms with Gasteiger partial charge in [-0.1, -0.05) is 0 Å². The van der Waals surface area contributed by atoms with Gasteiger partial charge in [0.2, 0.25) is 0 Å². The third-order valence-corrected chi connectivity index (χ3v) is 4.40. The molecule has 1 heterocycles. The molecule has 0 bridgehead atoms. The Morgan fingerprint density at radius 3 is 2.68 bits per heavy atom. The van der Waals surface area contributed by atoms with Crippen molar-refractivity contribution in [3.05, 3.63) is 24.0 Å². The lowest BCUT2D eigenvalue weighted by molar-refractivity contribution is 0.0699. The first kappa shape index (κ1) is 14.3. The molecule has 0 aromatic heterocycles. The molecule has 1 aliphatic heterocycles. The number of hydrogen-bond donors (Lipinski definition) is 1. The number of sulfone groups is 1. The topological polar surface area (TPSA) is 55.4 Å². The summed E-state index contributed by atoms with van der Waals surface area (Å²) in [5.41, 5.74) is 0.245. The lowest BCUT2D eigenvalue weighted by atomic mass is 10.0. The molecule has 1 aliphatic rings. The lowest BCUT2D eigenvalue weighted by Crippen LogP contribution is -2.23. The predicted octanol–water partition coefficient (Wildman–Crippen LogP) is 2.07. The second-order valence-corrected chi connectivity index (χ2v) is 6.87. The Morgan fingerprint density at radius 2 is 2.05 bits per heavy atom. The van der Waals surface area contributed by atoms with Gasteiger partial charge in [0.25, 0.3) is 0 Å². The molecule has 106 valence electrons. The van der Waals surface area contributed by atoms with E-state index in [2.05, 4.69) is 5.32 Å². The van der Waals surface area contributed by atoms with Gasteiger partial charge in [0.15, 0.2) is 9.84 Å². The number of anilines is 1. The van der Waals surface area contributed by atoms with E-state index < -0.39 is 15.7 Å². The van der Waals surface area contributed by atoms with Crippen LogP contribution in [0.5, 0.6) is 0 Å². The van der Waals surface area contributed by atoms with E-state index in [1.807, 2.05) is 0 Å². The first-order valence-corrected chi connectivity index (χ1v) is 8.17. The molecule has 0 unspecified atom stereocenters. The molecule has 1 fully saturated rings. The molecule has 1 N–H and O–H groups in total. The Hall–Kier alpha value is -1.14. The minimum Gasteiger partial charge on any atom is -0.382 e. The zero-order valence-corrected chi connectivity index (χ0v) is 11.7. The summed E-state index contributed by atoms with van der Waals surface area (Å²) in [7, 11) is -3.31. The second kappa shape index (κ2) is 5.88. The first-order chi connectivity index (χ1) is 8.97. The fourth-order valence-corrected chi connectivity index (χ4v) is 2.72. The quantitative estimate of drug-likeness (QED) is 0.861. The SMILES string of the molecule is CS(=O)(=O)c1ccc(F)c(NCC2CCOCC2)c1. The molecular weight excluding hydrogens is 269 g/mol. The van der Waals surface area contributed by atoms with Crippen LogP contribution in [0.4, 0.5) is 10.1 Å². The van der Waals surface area contributed by atoms with Gasteiger partial charge in [-0.25, -0.2) is 12.8 Å². The molecular formula is C13H18FNO3S. The van der Waals surface area contributed by atoms with E-state index in [-0.39, 0.29) is 10.6 Å². The van der Waals surface area contributed by atoms with Crippen LogP contribution in [-0.4, -0.2) is 34.4 Å². The van der Waals surface area contributed by atoms with Crippen LogP contribution in [0.2, 0.25) is 0 Å². The van der Waals surface area contributed by atoms with Gasteiger partial charge < -0.3 is 10.1 Å². The minimum absolute atomic E-state index is 0.128. The van der Waals surface area contributed by atoms with E-state index >= 15 is 0 Å². The maximum atomic E-state index is 13.6.